The van der Waals surface area contributed by atoms with Crippen molar-refractivity contribution in [2.75, 3.05) is 52.4 Å². The molecule has 2 saturated heterocycles. The van der Waals surface area contributed by atoms with Crippen molar-refractivity contribution in [2.45, 2.75) is 12.5 Å². The molecule has 134 valence electrons. The third-order valence-electron chi connectivity index (χ3n) is 4.48. The maximum Gasteiger partial charge on any atom is 0.223 e. The fourth-order valence-electron chi connectivity index (χ4n) is 3.14. The van der Waals surface area contributed by atoms with Crippen LogP contribution in [0.5, 0.6) is 0 Å². The Morgan fingerprint density at radius 1 is 1.29 bits per heavy atom. The molecule has 1 N–H and O–H groups in total. The Morgan fingerprint density at radius 2 is 2.08 bits per heavy atom. The van der Waals surface area contributed by atoms with E-state index in [0.717, 1.165) is 56.9 Å². The topological polar surface area (TPSA) is 44.8 Å². The number of hydrogen-bond donors (Lipinski definition) is 1. The summed E-state index contributed by atoms with van der Waals surface area (Å²) in [6.07, 6.45) is 0.695. The predicted octanol–water partition coefficient (Wildman–Crippen LogP) is 2.07. The number of piperazine rings is 1. The SMILES string of the molecule is Cl.O=C(CCN1CCOC(c2cccc(Br)c2)C1)N1CCNCC1. The highest BCUT2D eigenvalue weighted by molar-refractivity contribution is 9.10. The second-order valence-corrected chi connectivity index (χ2v) is 7.01. The van der Waals surface area contributed by atoms with Crippen LogP contribution in [-0.4, -0.2) is 68.1 Å². The summed E-state index contributed by atoms with van der Waals surface area (Å²) in [5, 5.41) is 3.28. The molecule has 3 rings (SSSR count). The first-order chi connectivity index (χ1) is 11.2. The molecule has 2 aliphatic heterocycles. The van der Waals surface area contributed by atoms with Gasteiger partial charge in [-0.1, -0.05) is 28.1 Å². The van der Waals surface area contributed by atoms with Crippen LogP contribution in [0.15, 0.2) is 28.7 Å². The molecule has 0 bridgehead atoms. The zero-order chi connectivity index (χ0) is 16.1. The summed E-state index contributed by atoms with van der Waals surface area (Å²) in [6.45, 7) is 6.79. The van der Waals surface area contributed by atoms with Crippen LogP contribution in [0.1, 0.15) is 18.1 Å². The van der Waals surface area contributed by atoms with Gasteiger partial charge in [-0.05, 0) is 17.7 Å². The summed E-state index contributed by atoms with van der Waals surface area (Å²) in [6, 6.07) is 8.27. The number of carbonyl (C=O) groups excluding carboxylic acids is 1. The molecule has 0 saturated carbocycles. The van der Waals surface area contributed by atoms with Crippen molar-refractivity contribution in [1.82, 2.24) is 15.1 Å². The fourth-order valence-corrected chi connectivity index (χ4v) is 3.56. The molecule has 1 atom stereocenters. The third-order valence-corrected chi connectivity index (χ3v) is 4.98. The number of carbonyl (C=O) groups is 1. The lowest BCUT2D eigenvalue weighted by Crippen LogP contribution is -2.47. The van der Waals surface area contributed by atoms with Crippen LogP contribution in [0.25, 0.3) is 0 Å². The minimum Gasteiger partial charge on any atom is -0.371 e. The van der Waals surface area contributed by atoms with Crippen LogP contribution in [0, 0.1) is 0 Å². The Hall–Kier alpha value is -0.660. The largest absolute Gasteiger partial charge is 0.371 e. The number of amides is 1. The summed E-state index contributed by atoms with van der Waals surface area (Å²) < 4.78 is 6.98. The highest BCUT2D eigenvalue weighted by atomic mass is 79.9. The number of morpholine rings is 1. The van der Waals surface area contributed by atoms with Crippen LogP contribution in [0.3, 0.4) is 0 Å². The molecule has 0 radical (unpaired) electrons. The summed E-state index contributed by atoms with van der Waals surface area (Å²) in [7, 11) is 0. The summed E-state index contributed by atoms with van der Waals surface area (Å²) in [4.78, 5) is 16.6. The first kappa shape index (κ1) is 19.7. The zero-order valence-corrected chi connectivity index (χ0v) is 16.2. The molecule has 5 nitrogen and oxygen atoms in total. The average Bonchev–Trinajstić information content (AvgIpc) is 2.61. The fraction of sp³-hybridized carbons (Fsp3) is 0.588. The van der Waals surface area contributed by atoms with Gasteiger partial charge in [0.2, 0.25) is 5.91 Å². The highest BCUT2D eigenvalue weighted by Crippen LogP contribution is 2.24. The minimum atomic E-state index is 0. The number of hydrogen-bond acceptors (Lipinski definition) is 4. The molecule has 0 aromatic heterocycles. The molecular weight excluding hydrogens is 394 g/mol. The van der Waals surface area contributed by atoms with Crippen molar-refractivity contribution in [2.24, 2.45) is 0 Å². The van der Waals surface area contributed by atoms with Gasteiger partial charge in [0, 0.05) is 56.7 Å². The summed E-state index contributed by atoms with van der Waals surface area (Å²) >= 11 is 3.51. The van der Waals surface area contributed by atoms with Crippen molar-refractivity contribution < 1.29 is 9.53 Å². The van der Waals surface area contributed by atoms with E-state index in [2.05, 4.69) is 38.3 Å². The first-order valence-corrected chi connectivity index (χ1v) is 9.09. The van der Waals surface area contributed by atoms with Gasteiger partial charge in [0.05, 0.1) is 12.7 Å². The second kappa shape index (κ2) is 9.73. The standard InChI is InChI=1S/C17H24BrN3O2.ClH/c18-15-3-1-2-14(12-15)16-13-20(10-11-23-16)7-4-17(22)21-8-5-19-6-9-21;/h1-3,12,16,19H,4-11,13H2;1H. The molecule has 1 unspecified atom stereocenters. The van der Waals surface area contributed by atoms with E-state index in [0.29, 0.717) is 6.42 Å². The van der Waals surface area contributed by atoms with E-state index in [1.54, 1.807) is 0 Å². The quantitative estimate of drug-likeness (QED) is 0.813. The average molecular weight is 419 g/mol. The van der Waals surface area contributed by atoms with E-state index in [4.69, 9.17) is 4.74 Å². The minimum absolute atomic E-state index is 0. The van der Waals surface area contributed by atoms with Crippen molar-refractivity contribution in [3.05, 3.63) is 34.3 Å². The van der Waals surface area contributed by atoms with Crippen LogP contribution < -0.4 is 5.32 Å². The van der Waals surface area contributed by atoms with Gasteiger partial charge in [0.25, 0.3) is 0 Å². The van der Waals surface area contributed by atoms with E-state index in [1.807, 2.05) is 17.0 Å². The molecule has 0 aliphatic carbocycles. The number of nitrogens with one attached hydrogen (secondary N) is 1. The van der Waals surface area contributed by atoms with E-state index in [9.17, 15) is 4.79 Å². The number of benzene rings is 1. The predicted molar refractivity (Wildman–Crippen MR) is 101 cm³/mol. The van der Waals surface area contributed by atoms with Crippen LogP contribution in [0.2, 0.25) is 0 Å². The maximum atomic E-state index is 12.3. The zero-order valence-electron chi connectivity index (χ0n) is 13.7. The van der Waals surface area contributed by atoms with Crippen molar-refractivity contribution in [3.63, 3.8) is 0 Å². The molecule has 2 aliphatic rings. The lowest BCUT2D eigenvalue weighted by atomic mass is 10.1. The van der Waals surface area contributed by atoms with Crippen LogP contribution in [-0.2, 0) is 9.53 Å². The van der Waals surface area contributed by atoms with Crippen LogP contribution >= 0.6 is 28.3 Å². The number of halogens is 2. The highest BCUT2D eigenvalue weighted by Gasteiger charge is 2.23. The van der Waals surface area contributed by atoms with E-state index in [-0.39, 0.29) is 24.4 Å². The van der Waals surface area contributed by atoms with Gasteiger partial charge < -0.3 is 15.0 Å². The number of rotatable bonds is 4. The Labute approximate surface area is 158 Å². The Kier molecular flexibility index (Phi) is 7.97. The number of ether oxygens (including phenoxy) is 1. The number of nitrogens with zero attached hydrogens (tertiary/aromatic N) is 2. The molecular formula is C17H25BrClN3O2. The molecule has 24 heavy (non-hydrogen) atoms. The van der Waals surface area contributed by atoms with Gasteiger partial charge in [-0.2, -0.15) is 0 Å². The lowest BCUT2D eigenvalue weighted by molar-refractivity contribution is -0.132. The van der Waals surface area contributed by atoms with Gasteiger partial charge >= 0.3 is 0 Å². The van der Waals surface area contributed by atoms with Gasteiger partial charge in [-0.3, -0.25) is 9.69 Å². The molecule has 1 aromatic carbocycles. The smallest absolute Gasteiger partial charge is 0.223 e. The van der Waals surface area contributed by atoms with E-state index >= 15 is 0 Å². The van der Waals surface area contributed by atoms with Gasteiger partial charge in [-0.15, -0.1) is 12.4 Å². The van der Waals surface area contributed by atoms with Crippen molar-refractivity contribution in [3.8, 4) is 0 Å². The Bertz CT molecular complexity index is 540. The monoisotopic (exact) mass is 417 g/mol. The maximum absolute atomic E-state index is 12.3. The Balaban J connectivity index is 0.00000208. The summed E-state index contributed by atoms with van der Waals surface area (Å²) in [5.41, 5.74) is 1.19. The van der Waals surface area contributed by atoms with Crippen LogP contribution in [0.4, 0.5) is 0 Å². The summed E-state index contributed by atoms with van der Waals surface area (Å²) in [5.74, 6) is 0.275. The van der Waals surface area contributed by atoms with Gasteiger partial charge in [-0.25, -0.2) is 0 Å². The van der Waals surface area contributed by atoms with E-state index in [1.165, 1.54) is 5.56 Å². The second-order valence-electron chi connectivity index (χ2n) is 6.10. The van der Waals surface area contributed by atoms with E-state index < -0.39 is 0 Å². The lowest BCUT2D eigenvalue weighted by Gasteiger charge is -2.34. The van der Waals surface area contributed by atoms with Crippen molar-refractivity contribution >= 4 is 34.2 Å². The molecule has 1 aromatic rings. The Morgan fingerprint density at radius 3 is 2.83 bits per heavy atom. The molecule has 1 amide bonds. The molecule has 0 spiro atoms. The first-order valence-electron chi connectivity index (χ1n) is 8.30. The molecule has 2 fully saturated rings. The molecule has 2 heterocycles. The normalized spacial score (nSPS) is 22.0. The van der Waals surface area contributed by atoms with Gasteiger partial charge in [0.15, 0.2) is 0 Å². The third kappa shape index (κ3) is 5.43. The van der Waals surface area contributed by atoms with Gasteiger partial charge in [0.1, 0.15) is 0 Å². The molecule has 7 heteroatoms. The van der Waals surface area contributed by atoms with Crippen molar-refractivity contribution in [1.29, 1.82) is 0 Å².